The summed E-state index contributed by atoms with van der Waals surface area (Å²) in [6, 6.07) is 11.1. The number of ether oxygens (including phenoxy) is 2. The fourth-order valence-corrected chi connectivity index (χ4v) is 3.46. The molecule has 0 atom stereocenters. The molecule has 7 nitrogen and oxygen atoms in total. The monoisotopic (exact) mass is 409 g/mol. The van der Waals surface area contributed by atoms with E-state index in [0.29, 0.717) is 18.0 Å². The highest BCUT2D eigenvalue weighted by Crippen LogP contribution is 2.23. The number of halogens is 1. The molecule has 0 aliphatic carbocycles. The van der Waals surface area contributed by atoms with Crippen LogP contribution in [0.3, 0.4) is 0 Å². The van der Waals surface area contributed by atoms with Crippen LogP contribution in [-0.2, 0) is 24.2 Å². The number of rotatable bonds is 9. The van der Waals surface area contributed by atoms with Crippen molar-refractivity contribution in [3.8, 4) is 5.75 Å². The van der Waals surface area contributed by atoms with Gasteiger partial charge in [-0.2, -0.15) is 0 Å². The topological polar surface area (TPSA) is 98.8 Å². The van der Waals surface area contributed by atoms with Crippen molar-refractivity contribution in [2.45, 2.75) is 18.2 Å². The molecule has 2 rings (SSSR count). The van der Waals surface area contributed by atoms with Gasteiger partial charge in [-0.15, -0.1) is 0 Å². The first kappa shape index (κ1) is 21.4. The van der Waals surface area contributed by atoms with E-state index in [0.717, 1.165) is 24.3 Å². The second-order valence-electron chi connectivity index (χ2n) is 5.66. The maximum absolute atomic E-state index is 12.9. The lowest BCUT2D eigenvalue weighted by molar-refractivity contribution is -0.146. The van der Waals surface area contributed by atoms with E-state index >= 15 is 0 Å². The van der Waals surface area contributed by atoms with E-state index < -0.39 is 46.3 Å². The Labute approximate surface area is 162 Å². The van der Waals surface area contributed by atoms with Gasteiger partial charge in [-0.05, 0) is 43.3 Å². The predicted octanol–water partition coefficient (Wildman–Crippen LogP) is 2.57. The highest BCUT2D eigenvalue weighted by atomic mass is 32.2. The molecule has 9 heteroatoms. The third kappa shape index (κ3) is 6.34. The van der Waals surface area contributed by atoms with Crippen molar-refractivity contribution in [1.29, 1.82) is 0 Å². The summed E-state index contributed by atoms with van der Waals surface area (Å²) in [7, 11) is -3.76. The van der Waals surface area contributed by atoms with E-state index in [1.54, 1.807) is 31.2 Å². The largest absolute Gasteiger partial charge is 0.492 e. The van der Waals surface area contributed by atoms with Gasteiger partial charge in [-0.3, -0.25) is 9.59 Å². The van der Waals surface area contributed by atoms with Gasteiger partial charge in [-0.1, -0.05) is 12.1 Å². The summed E-state index contributed by atoms with van der Waals surface area (Å²) in [6.45, 7) is 1.67. The third-order valence-corrected chi connectivity index (χ3v) is 5.30. The zero-order valence-electron chi connectivity index (χ0n) is 15.2. The van der Waals surface area contributed by atoms with E-state index in [9.17, 15) is 22.4 Å². The molecule has 0 aromatic heterocycles. The average Bonchev–Trinajstić information content (AvgIpc) is 2.67. The summed E-state index contributed by atoms with van der Waals surface area (Å²) in [5.74, 6) is -2.00. The van der Waals surface area contributed by atoms with Crippen LogP contribution in [0.25, 0.3) is 0 Å². The van der Waals surface area contributed by atoms with Crippen molar-refractivity contribution < 1.29 is 31.9 Å². The zero-order valence-corrected chi connectivity index (χ0v) is 16.0. The van der Waals surface area contributed by atoms with Crippen molar-refractivity contribution in [3.05, 3.63) is 54.3 Å². The first-order valence-electron chi connectivity index (χ1n) is 8.47. The van der Waals surface area contributed by atoms with Gasteiger partial charge in [0.25, 0.3) is 5.91 Å². The average molecular weight is 409 g/mol. The number of amides is 1. The van der Waals surface area contributed by atoms with Crippen molar-refractivity contribution in [3.63, 3.8) is 0 Å². The summed E-state index contributed by atoms with van der Waals surface area (Å²) in [6.07, 6.45) is -0.428. The minimum Gasteiger partial charge on any atom is -0.492 e. The molecule has 0 unspecified atom stereocenters. The Kier molecular flexibility index (Phi) is 7.51. The van der Waals surface area contributed by atoms with Crippen LogP contribution < -0.4 is 10.1 Å². The number of anilines is 1. The number of hydrogen-bond acceptors (Lipinski definition) is 6. The van der Waals surface area contributed by atoms with Gasteiger partial charge in [0.15, 0.2) is 16.4 Å². The second-order valence-corrected chi connectivity index (χ2v) is 7.77. The molecule has 0 heterocycles. The zero-order chi connectivity index (χ0) is 20.6. The maximum Gasteiger partial charge on any atom is 0.307 e. The minimum atomic E-state index is -3.76. The highest BCUT2D eigenvalue weighted by Gasteiger charge is 2.18. The Morgan fingerprint density at radius 2 is 1.75 bits per heavy atom. The lowest BCUT2D eigenvalue weighted by Gasteiger charge is -2.11. The molecule has 28 heavy (non-hydrogen) atoms. The molecule has 0 bridgehead atoms. The van der Waals surface area contributed by atoms with E-state index in [1.165, 1.54) is 0 Å². The second kappa shape index (κ2) is 9.84. The SMILES string of the molecule is CCOc1ccccc1NC(=O)COC(=O)CCS(=O)(=O)c1ccc(F)cc1. The molecule has 0 aliphatic heterocycles. The first-order chi connectivity index (χ1) is 13.3. The van der Waals surface area contributed by atoms with Crippen molar-refractivity contribution in [1.82, 2.24) is 0 Å². The van der Waals surface area contributed by atoms with E-state index in [1.807, 2.05) is 0 Å². The van der Waals surface area contributed by atoms with Gasteiger partial charge in [-0.25, -0.2) is 12.8 Å². The van der Waals surface area contributed by atoms with Crippen LogP contribution in [-0.4, -0.2) is 39.3 Å². The Bertz CT molecular complexity index is 928. The van der Waals surface area contributed by atoms with E-state index in [-0.39, 0.29) is 4.90 Å². The third-order valence-electron chi connectivity index (χ3n) is 3.57. The molecule has 1 amide bonds. The summed E-state index contributed by atoms with van der Waals surface area (Å²) in [5, 5.41) is 2.56. The normalized spacial score (nSPS) is 10.9. The van der Waals surface area contributed by atoms with Crippen molar-refractivity contribution in [2.75, 3.05) is 24.3 Å². The standard InChI is InChI=1S/C19H20FNO6S/c1-2-26-17-6-4-3-5-16(17)21-18(22)13-27-19(23)11-12-28(24,25)15-9-7-14(20)8-10-15/h3-10H,2,11-13H2,1H3,(H,21,22). The van der Waals surface area contributed by atoms with Crippen LogP contribution in [0, 0.1) is 5.82 Å². The number of sulfone groups is 1. The van der Waals surface area contributed by atoms with Crippen molar-refractivity contribution >= 4 is 27.4 Å². The Hall–Kier alpha value is -2.94. The predicted molar refractivity (Wildman–Crippen MR) is 100 cm³/mol. The van der Waals surface area contributed by atoms with Crippen LogP contribution in [0.4, 0.5) is 10.1 Å². The summed E-state index contributed by atoms with van der Waals surface area (Å²) in [4.78, 5) is 23.6. The number of benzene rings is 2. The molecule has 0 aliphatic rings. The number of carbonyl (C=O) groups excluding carboxylic acids is 2. The van der Waals surface area contributed by atoms with Gasteiger partial charge in [0.1, 0.15) is 11.6 Å². The molecule has 0 fully saturated rings. The van der Waals surface area contributed by atoms with Gasteiger partial charge in [0, 0.05) is 0 Å². The fraction of sp³-hybridized carbons (Fsp3) is 0.263. The molecule has 0 saturated heterocycles. The molecule has 2 aromatic carbocycles. The maximum atomic E-state index is 12.9. The molecule has 0 radical (unpaired) electrons. The molecule has 0 saturated carbocycles. The first-order valence-corrected chi connectivity index (χ1v) is 10.1. The molecule has 1 N–H and O–H groups in total. The van der Waals surface area contributed by atoms with Gasteiger partial charge >= 0.3 is 5.97 Å². The van der Waals surface area contributed by atoms with E-state index in [4.69, 9.17) is 9.47 Å². The van der Waals surface area contributed by atoms with Gasteiger partial charge < -0.3 is 14.8 Å². The molecule has 150 valence electrons. The summed E-state index contributed by atoms with van der Waals surface area (Å²) < 4.78 is 47.3. The van der Waals surface area contributed by atoms with Crippen LogP contribution in [0.15, 0.2) is 53.4 Å². The molecular formula is C19H20FNO6S. The number of hydrogen-bond donors (Lipinski definition) is 1. The number of esters is 1. The number of para-hydroxylation sites is 2. The lowest BCUT2D eigenvalue weighted by atomic mass is 10.3. The quantitative estimate of drug-likeness (QED) is 0.505. The fourth-order valence-electron chi connectivity index (χ4n) is 2.23. The van der Waals surface area contributed by atoms with Crippen LogP contribution in [0.2, 0.25) is 0 Å². The van der Waals surface area contributed by atoms with Crippen molar-refractivity contribution in [2.24, 2.45) is 0 Å². The summed E-state index contributed by atoms with van der Waals surface area (Å²) >= 11 is 0. The Morgan fingerprint density at radius 3 is 2.43 bits per heavy atom. The smallest absolute Gasteiger partial charge is 0.307 e. The summed E-state index contributed by atoms with van der Waals surface area (Å²) in [5.41, 5.74) is 0.435. The van der Waals surface area contributed by atoms with Crippen LogP contribution in [0.5, 0.6) is 5.75 Å². The Balaban J connectivity index is 1.82. The molecular weight excluding hydrogens is 389 g/mol. The van der Waals surface area contributed by atoms with Crippen LogP contribution >= 0.6 is 0 Å². The Morgan fingerprint density at radius 1 is 1.07 bits per heavy atom. The van der Waals surface area contributed by atoms with Gasteiger partial charge in [0.05, 0.1) is 29.4 Å². The number of nitrogens with one attached hydrogen (secondary N) is 1. The number of carbonyl (C=O) groups is 2. The molecule has 2 aromatic rings. The lowest BCUT2D eigenvalue weighted by Crippen LogP contribution is -2.22. The van der Waals surface area contributed by atoms with Crippen LogP contribution in [0.1, 0.15) is 13.3 Å². The highest BCUT2D eigenvalue weighted by molar-refractivity contribution is 7.91. The van der Waals surface area contributed by atoms with Gasteiger partial charge in [0.2, 0.25) is 0 Å². The molecule has 0 spiro atoms. The minimum absolute atomic E-state index is 0.0908. The van der Waals surface area contributed by atoms with E-state index in [2.05, 4.69) is 5.32 Å².